The summed E-state index contributed by atoms with van der Waals surface area (Å²) in [5, 5.41) is 8.30. The molecule has 0 saturated heterocycles. The van der Waals surface area contributed by atoms with Crippen molar-refractivity contribution < 1.29 is 21.6 Å². The molecule has 2 heterocycles. The zero-order valence-electron chi connectivity index (χ0n) is 14.8. The Balaban J connectivity index is 1.87. The van der Waals surface area contributed by atoms with Gasteiger partial charge in [-0.1, -0.05) is 11.3 Å². The summed E-state index contributed by atoms with van der Waals surface area (Å²) in [5.74, 6) is 0.178. The normalized spacial score (nSPS) is 15.2. The zero-order chi connectivity index (χ0) is 20.3. The van der Waals surface area contributed by atoms with Crippen LogP contribution >= 0.6 is 11.3 Å². The molecule has 1 aliphatic carbocycles. The third kappa shape index (κ3) is 3.81. The standard InChI is InChI=1S/C17H15F3N4O2S2/c1-8-5-13(15-22-23-16(27-15)24-28(2,25)26)21-14-11(8)6-10(9-3-4-9)7-12(14)17(18,19)20/h5-7,9H,3-4H2,1-2H3,(H,23,24). The van der Waals surface area contributed by atoms with E-state index in [1.54, 1.807) is 19.1 Å². The Kier molecular flexibility index (Phi) is 4.34. The predicted molar refractivity (Wildman–Crippen MR) is 101 cm³/mol. The van der Waals surface area contributed by atoms with Crippen LogP contribution in [0.1, 0.15) is 35.4 Å². The number of pyridine rings is 1. The first-order valence-corrected chi connectivity index (χ1v) is 11.1. The quantitative estimate of drug-likeness (QED) is 0.669. The Hall–Kier alpha value is -2.27. The number of alkyl halides is 3. The van der Waals surface area contributed by atoms with E-state index in [0.717, 1.165) is 30.4 Å². The van der Waals surface area contributed by atoms with Gasteiger partial charge in [-0.15, -0.1) is 10.2 Å². The number of aromatic nitrogens is 3. The first-order valence-electron chi connectivity index (χ1n) is 8.35. The number of aryl methyl sites for hydroxylation is 1. The fourth-order valence-electron chi connectivity index (χ4n) is 3.02. The highest BCUT2D eigenvalue weighted by molar-refractivity contribution is 7.92. The van der Waals surface area contributed by atoms with Crippen LogP contribution in [0.25, 0.3) is 21.6 Å². The molecule has 1 aliphatic rings. The molecule has 1 fully saturated rings. The topological polar surface area (TPSA) is 84.8 Å². The van der Waals surface area contributed by atoms with E-state index < -0.39 is 21.8 Å². The minimum Gasteiger partial charge on any atom is -0.257 e. The van der Waals surface area contributed by atoms with Crippen molar-refractivity contribution in [2.75, 3.05) is 11.0 Å². The minimum absolute atomic E-state index is 0.0252. The van der Waals surface area contributed by atoms with Gasteiger partial charge < -0.3 is 0 Å². The van der Waals surface area contributed by atoms with Gasteiger partial charge in [-0.2, -0.15) is 13.2 Å². The Morgan fingerprint density at radius 3 is 2.50 bits per heavy atom. The number of nitrogens with zero attached hydrogens (tertiary/aromatic N) is 3. The number of nitrogens with one attached hydrogen (secondary N) is 1. The Labute approximate surface area is 162 Å². The number of benzene rings is 1. The molecule has 3 aromatic rings. The van der Waals surface area contributed by atoms with Gasteiger partial charge in [-0.3, -0.25) is 4.72 Å². The first kappa shape index (κ1) is 19.1. The van der Waals surface area contributed by atoms with Crippen LogP contribution in [0.3, 0.4) is 0 Å². The second-order valence-corrected chi connectivity index (χ2v) is 9.57. The zero-order valence-corrected chi connectivity index (χ0v) is 16.5. The summed E-state index contributed by atoms with van der Waals surface area (Å²) in [4.78, 5) is 4.21. The molecule has 2 aromatic heterocycles. The van der Waals surface area contributed by atoms with Gasteiger partial charge in [0, 0.05) is 5.39 Å². The molecule has 11 heteroatoms. The van der Waals surface area contributed by atoms with Gasteiger partial charge in [0.1, 0.15) is 5.69 Å². The molecule has 148 valence electrons. The number of anilines is 1. The van der Waals surface area contributed by atoms with E-state index in [0.29, 0.717) is 16.5 Å². The molecular formula is C17H15F3N4O2S2. The third-order valence-corrected chi connectivity index (χ3v) is 5.97. The largest absolute Gasteiger partial charge is 0.418 e. The second kappa shape index (κ2) is 6.38. The first-order chi connectivity index (χ1) is 13.0. The Bertz CT molecular complexity index is 1190. The van der Waals surface area contributed by atoms with Gasteiger partial charge in [0.2, 0.25) is 15.2 Å². The van der Waals surface area contributed by atoms with Gasteiger partial charge in [0.05, 0.1) is 17.3 Å². The number of fused-ring (bicyclic) bond motifs is 1. The molecule has 0 aliphatic heterocycles. The highest BCUT2D eigenvalue weighted by atomic mass is 32.2. The van der Waals surface area contributed by atoms with Crippen molar-refractivity contribution in [2.45, 2.75) is 31.9 Å². The van der Waals surface area contributed by atoms with Crippen molar-refractivity contribution >= 4 is 37.4 Å². The maximum Gasteiger partial charge on any atom is 0.418 e. The van der Waals surface area contributed by atoms with Crippen LogP contribution in [-0.2, 0) is 16.2 Å². The predicted octanol–water partition coefficient (Wildman–Crippen LogP) is 4.33. The number of hydrogen-bond acceptors (Lipinski definition) is 6. The van der Waals surface area contributed by atoms with E-state index >= 15 is 0 Å². The summed E-state index contributed by atoms with van der Waals surface area (Å²) in [7, 11) is -3.53. The van der Waals surface area contributed by atoms with Crippen molar-refractivity contribution in [2.24, 2.45) is 0 Å². The third-order valence-electron chi connectivity index (χ3n) is 4.41. The molecule has 0 amide bonds. The average Bonchev–Trinajstić information content (AvgIpc) is 3.32. The lowest BCUT2D eigenvalue weighted by Gasteiger charge is -2.14. The van der Waals surface area contributed by atoms with Crippen LogP contribution in [0.15, 0.2) is 18.2 Å². The van der Waals surface area contributed by atoms with E-state index in [1.165, 1.54) is 6.07 Å². The van der Waals surface area contributed by atoms with Gasteiger partial charge in [0.25, 0.3) is 0 Å². The second-order valence-electron chi connectivity index (χ2n) is 6.85. The van der Waals surface area contributed by atoms with Gasteiger partial charge in [-0.05, 0) is 55.0 Å². The monoisotopic (exact) mass is 428 g/mol. The molecule has 1 N–H and O–H groups in total. The highest BCUT2D eigenvalue weighted by Gasteiger charge is 2.36. The van der Waals surface area contributed by atoms with Crippen molar-refractivity contribution in [1.82, 2.24) is 15.2 Å². The minimum atomic E-state index is -4.54. The molecule has 6 nitrogen and oxygen atoms in total. The van der Waals surface area contributed by atoms with Gasteiger partial charge >= 0.3 is 6.18 Å². The molecule has 1 aromatic carbocycles. The maximum atomic E-state index is 13.7. The average molecular weight is 428 g/mol. The SMILES string of the molecule is Cc1cc(-c2nnc(NS(C)(=O)=O)s2)nc2c(C(F)(F)F)cc(C3CC3)cc12. The maximum absolute atomic E-state index is 13.7. The Morgan fingerprint density at radius 1 is 1.18 bits per heavy atom. The summed E-state index contributed by atoms with van der Waals surface area (Å²) in [6.07, 6.45) is -1.77. The molecule has 0 radical (unpaired) electrons. The summed E-state index contributed by atoms with van der Waals surface area (Å²) in [5.41, 5.74) is 0.637. The van der Waals surface area contributed by atoms with Crippen LogP contribution in [0, 0.1) is 6.92 Å². The van der Waals surface area contributed by atoms with Gasteiger partial charge in [-0.25, -0.2) is 13.4 Å². The van der Waals surface area contributed by atoms with Crippen LogP contribution in [0.4, 0.5) is 18.3 Å². The molecule has 0 spiro atoms. The van der Waals surface area contributed by atoms with Gasteiger partial charge in [0.15, 0.2) is 5.01 Å². The number of hydrogen-bond donors (Lipinski definition) is 1. The number of sulfonamides is 1. The fraction of sp³-hybridized carbons (Fsp3) is 0.353. The van der Waals surface area contributed by atoms with E-state index in [1.807, 2.05) is 0 Å². The highest BCUT2D eigenvalue weighted by Crippen LogP contribution is 2.45. The molecule has 0 bridgehead atoms. The molecular weight excluding hydrogens is 413 g/mol. The van der Waals surface area contributed by atoms with E-state index in [2.05, 4.69) is 19.9 Å². The molecule has 4 rings (SSSR count). The lowest BCUT2D eigenvalue weighted by atomic mass is 9.98. The fourth-order valence-corrected chi connectivity index (χ4v) is 4.55. The summed E-state index contributed by atoms with van der Waals surface area (Å²) in [6.45, 7) is 1.72. The number of halogens is 3. The van der Waals surface area contributed by atoms with Crippen molar-refractivity contribution in [3.05, 3.63) is 34.9 Å². The van der Waals surface area contributed by atoms with E-state index in [-0.39, 0.29) is 27.3 Å². The van der Waals surface area contributed by atoms with Crippen LogP contribution in [-0.4, -0.2) is 29.9 Å². The molecule has 0 atom stereocenters. The lowest BCUT2D eigenvalue weighted by molar-refractivity contribution is -0.136. The summed E-state index contributed by atoms with van der Waals surface area (Å²) in [6, 6.07) is 4.61. The smallest absolute Gasteiger partial charge is 0.257 e. The van der Waals surface area contributed by atoms with Crippen molar-refractivity contribution in [3.63, 3.8) is 0 Å². The summed E-state index contributed by atoms with van der Waals surface area (Å²) >= 11 is 0.905. The number of rotatable bonds is 4. The Morgan fingerprint density at radius 2 is 1.89 bits per heavy atom. The van der Waals surface area contributed by atoms with E-state index in [4.69, 9.17) is 0 Å². The van der Waals surface area contributed by atoms with Crippen LogP contribution in [0.2, 0.25) is 0 Å². The molecule has 0 unspecified atom stereocenters. The van der Waals surface area contributed by atoms with Crippen LogP contribution < -0.4 is 4.72 Å². The summed E-state index contributed by atoms with van der Waals surface area (Å²) < 4.78 is 65.9. The lowest BCUT2D eigenvalue weighted by Crippen LogP contribution is -2.09. The van der Waals surface area contributed by atoms with Crippen LogP contribution in [0.5, 0.6) is 0 Å². The van der Waals surface area contributed by atoms with Crippen molar-refractivity contribution in [3.8, 4) is 10.7 Å². The molecule has 28 heavy (non-hydrogen) atoms. The van der Waals surface area contributed by atoms with Crippen molar-refractivity contribution in [1.29, 1.82) is 0 Å². The molecule has 1 saturated carbocycles. The van der Waals surface area contributed by atoms with E-state index in [9.17, 15) is 21.6 Å².